The second kappa shape index (κ2) is 8.03. The van der Waals surface area contributed by atoms with Crippen LogP contribution in [0.1, 0.15) is 37.6 Å². The number of benzene rings is 2. The highest BCUT2D eigenvalue weighted by Crippen LogP contribution is 2.30. The smallest absolute Gasteiger partial charge is 0.232 e. The Morgan fingerprint density at radius 1 is 1.24 bits per heavy atom. The predicted octanol–water partition coefficient (Wildman–Crippen LogP) is 4.18. The molecule has 0 spiro atoms. The van der Waals surface area contributed by atoms with E-state index < -0.39 is 0 Å². The summed E-state index contributed by atoms with van der Waals surface area (Å²) in [5, 5.41) is 3.94. The minimum Gasteiger partial charge on any atom is -0.491 e. The summed E-state index contributed by atoms with van der Waals surface area (Å²) >= 11 is 0. The Labute approximate surface area is 168 Å². The van der Waals surface area contributed by atoms with Crippen LogP contribution < -0.4 is 4.74 Å². The first-order chi connectivity index (χ1) is 14.0. The molecule has 0 N–H and O–H groups in total. The largest absolute Gasteiger partial charge is 0.491 e. The fraction of sp³-hybridized carbons (Fsp3) is 0.318. The van der Waals surface area contributed by atoms with Crippen LogP contribution in [0, 0.1) is 5.82 Å². The fourth-order valence-corrected chi connectivity index (χ4v) is 3.40. The van der Waals surface area contributed by atoms with Crippen LogP contribution in [-0.2, 0) is 11.3 Å². The van der Waals surface area contributed by atoms with Crippen LogP contribution in [0.15, 0.2) is 53.1 Å². The second-order valence-corrected chi connectivity index (χ2v) is 7.45. The maximum atomic E-state index is 13.4. The average Bonchev–Trinajstić information content (AvgIpc) is 3.30. The first-order valence-electron chi connectivity index (χ1n) is 9.61. The summed E-state index contributed by atoms with van der Waals surface area (Å²) in [5.41, 5.74) is 1.57. The normalized spacial score (nSPS) is 16.6. The zero-order chi connectivity index (χ0) is 20.4. The Hall–Kier alpha value is -3.22. The van der Waals surface area contributed by atoms with Gasteiger partial charge in [0, 0.05) is 25.1 Å². The van der Waals surface area contributed by atoms with Gasteiger partial charge in [0.25, 0.3) is 0 Å². The Morgan fingerprint density at radius 2 is 2.03 bits per heavy atom. The van der Waals surface area contributed by atoms with Gasteiger partial charge in [0.05, 0.1) is 12.0 Å². The average molecular weight is 395 g/mol. The highest BCUT2D eigenvalue weighted by Gasteiger charge is 2.34. The van der Waals surface area contributed by atoms with Crippen molar-refractivity contribution in [3.8, 4) is 17.1 Å². The minimum atomic E-state index is -0.360. The summed E-state index contributed by atoms with van der Waals surface area (Å²) in [5.74, 6) is 1.06. The van der Waals surface area contributed by atoms with Gasteiger partial charge in [-0.1, -0.05) is 29.4 Å². The van der Waals surface area contributed by atoms with Gasteiger partial charge in [-0.15, -0.1) is 0 Å². The van der Waals surface area contributed by atoms with Crippen LogP contribution in [0.3, 0.4) is 0 Å². The standard InChI is InChI=1S/C22H22FN3O3/c1-14(2)28-19-8-6-15(7-9-19)12-26-13-17(11-20(26)27)22-24-21(25-29-22)16-4-3-5-18(23)10-16/h3-10,14,17H,11-13H2,1-2H3. The number of carbonyl (C=O) groups excluding carboxylic acids is 1. The molecular formula is C22H22FN3O3. The molecule has 0 radical (unpaired) electrons. The van der Waals surface area contributed by atoms with Crippen LogP contribution in [0.5, 0.6) is 5.75 Å². The molecule has 150 valence electrons. The summed E-state index contributed by atoms with van der Waals surface area (Å²) in [7, 11) is 0. The Bertz CT molecular complexity index is 1000. The minimum absolute atomic E-state index is 0.0445. The molecule has 1 saturated heterocycles. The van der Waals surface area contributed by atoms with E-state index in [1.807, 2.05) is 38.1 Å². The fourth-order valence-electron chi connectivity index (χ4n) is 3.40. The molecule has 1 fully saturated rings. The molecule has 4 rings (SSSR count). The topological polar surface area (TPSA) is 68.5 Å². The predicted molar refractivity (Wildman–Crippen MR) is 105 cm³/mol. The van der Waals surface area contributed by atoms with Crippen LogP contribution >= 0.6 is 0 Å². The van der Waals surface area contributed by atoms with Crippen molar-refractivity contribution in [2.45, 2.75) is 38.8 Å². The SMILES string of the molecule is CC(C)Oc1ccc(CN2CC(c3nc(-c4cccc(F)c4)no3)CC2=O)cc1. The molecule has 2 aromatic carbocycles. The van der Waals surface area contributed by atoms with Crippen molar-refractivity contribution in [1.82, 2.24) is 15.0 Å². The number of hydrogen-bond donors (Lipinski definition) is 0. The lowest BCUT2D eigenvalue weighted by atomic mass is 10.1. The lowest BCUT2D eigenvalue weighted by Gasteiger charge is -2.16. The molecule has 1 aliphatic rings. The molecule has 6 nitrogen and oxygen atoms in total. The van der Waals surface area contributed by atoms with Gasteiger partial charge >= 0.3 is 0 Å². The number of rotatable bonds is 6. The zero-order valence-corrected chi connectivity index (χ0v) is 16.3. The van der Waals surface area contributed by atoms with Crippen molar-refractivity contribution in [1.29, 1.82) is 0 Å². The van der Waals surface area contributed by atoms with E-state index in [1.165, 1.54) is 12.1 Å². The van der Waals surface area contributed by atoms with Crippen molar-refractivity contribution >= 4 is 5.91 Å². The van der Waals surface area contributed by atoms with E-state index in [0.29, 0.717) is 36.8 Å². The number of aromatic nitrogens is 2. The van der Waals surface area contributed by atoms with Gasteiger partial charge in [-0.05, 0) is 43.7 Å². The highest BCUT2D eigenvalue weighted by atomic mass is 19.1. The monoisotopic (exact) mass is 395 g/mol. The Morgan fingerprint density at radius 3 is 2.76 bits per heavy atom. The molecule has 1 aliphatic heterocycles. The van der Waals surface area contributed by atoms with E-state index >= 15 is 0 Å². The Balaban J connectivity index is 1.42. The van der Waals surface area contributed by atoms with E-state index in [0.717, 1.165) is 11.3 Å². The first kappa shape index (κ1) is 19.1. The lowest BCUT2D eigenvalue weighted by Crippen LogP contribution is -2.24. The van der Waals surface area contributed by atoms with Crippen LogP contribution in [0.2, 0.25) is 0 Å². The molecule has 2 heterocycles. The number of ether oxygens (including phenoxy) is 1. The van der Waals surface area contributed by atoms with Gasteiger partial charge in [0.15, 0.2) is 0 Å². The third-order valence-corrected chi connectivity index (χ3v) is 4.76. The van der Waals surface area contributed by atoms with Gasteiger partial charge in [-0.25, -0.2) is 4.39 Å². The molecule has 1 unspecified atom stereocenters. The number of halogens is 1. The number of likely N-dealkylation sites (tertiary alicyclic amines) is 1. The summed E-state index contributed by atoms with van der Waals surface area (Å²) in [6, 6.07) is 13.8. The summed E-state index contributed by atoms with van der Waals surface area (Å²) < 4.78 is 24.4. The zero-order valence-electron chi connectivity index (χ0n) is 16.3. The van der Waals surface area contributed by atoms with Crippen molar-refractivity contribution < 1.29 is 18.4 Å². The van der Waals surface area contributed by atoms with Crippen molar-refractivity contribution in [3.63, 3.8) is 0 Å². The van der Waals surface area contributed by atoms with Crippen LogP contribution in [0.25, 0.3) is 11.4 Å². The molecule has 7 heteroatoms. The van der Waals surface area contributed by atoms with Gasteiger partial charge in [0.1, 0.15) is 11.6 Å². The maximum Gasteiger partial charge on any atom is 0.232 e. The molecule has 29 heavy (non-hydrogen) atoms. The van der Waals surface area contributed by atoms with Crippen molar-refractivity contribution in [2.75, 3.05) is 6.54 Å². The van der Waals surface area contributed by atoms with Gasteiger partial charge in [-0.3, -0.25) is 4.79 Å². The van der Waals surface area contributed by atoms with Crippen molar-refractivity contribution in [3.05, 3.63) is 65.8 Å². The lowest BCUT2D eigenvalue weighted by molar-refractivity contribution is -0.128. The maximum absolute atomic E-state index is 13.4. The quantitative estimate of drug-likeness (QED) is 0.626. The second-order valence-electron chi connectivity index (χ2n) is 7.45. The number of nitrogens with zero attached hydrogens (tertiary/aromatic N) is 3. The van der Waals surface area contributed by atoms with Crippen LogP contribution in [0.4, 0.5) is 4.39 Å². The molecular weight excluding hydrogens is 373 g/mol. The molecule has 0 bridgehead atoms. The molecule has 1 amide bonds. The number of amides is 1. The third-order valence-electron chi connectivity index (χ3n) is 4.76. The van der Waals surface area contributed by atoms with Crippen LogP contribution in [-0.4, -0.2) is 33.6 Å². The molecule has 0 saturated carbocycles. The summed E-state index contributed by atoms with van der Waals surface area (Å²) in [6.45, 7) is 4.98. The van der Waals surface area contributed by atoms with Gasteiger partial charge in [0.2, 0.25) is 17.6 Å². The van der Waals surface area contributed by atoms with E-state index in [-0.39, 0.29) is 23.7 Å². The number of hydrogen-bond acceptors (Lipinski definition) is 5. The summed E-state index contributed by atoms with van der Waals surface area (Å²) in [4.78, 5) is 18.6. The molecule has 0 aliphatic carbocycles. The molecule has 1 atom stereocenters. The van der Waals surface area contributed by atoms with E-state index in [9.17, 15) is 9.18 Å². The van der Waals surface area contributed by atoms with Crippen molar-refractivity contribution in [2.24, 2.45) is 0 Å². The van der Waals surface area contributed by atoms with E-state index in [4.69, 9.17) is 9.26 Å². The van der Waals surface area contributed by atoms with E-state index in [2.05, 4.69) is 10.1 Å². The Kier molecular flexibility index (Phi) is 5.29. The number of carbonyl (C=O) groups is 1. The highest BCUT2D eigenvalue weighted by molar-refractivity contribution is 5.79. The summed E-state index contributed by atoms with van der Waals surface area (Å²) in [6.07, 6.45) is 0.438. The van der Waals surface area contributed by atoms with Gasteiger partial charge < -0.3 is 14.2 Å². The van der Waals surface area contributed by atoms with Gasteiger partial charge in [-0.2, -0.15) is 4.98 Å². The van der Waals surface area contributed by atoms with E-state index in [1.54, 1.807) is 17.0 Å². The molecule has 3 aromatic rings. The first-order valence-corrected chi connectivity index (χ1v) is 9.61. The third kappa shape index (κ3) is 4.45. The molecule has 1 aromatic heterocycles.